The van der Waals surface area contributed by atoms with Gasteiger partial charge >= 0.3 is 0 Å². The quantitative estimate of drug-likeness (QED) is 0.725. The maximum Gasteiger partial charge on any atom is 0.221 e. The molecular weight excluding hydrogens is 204 g/mol. The van der Waals surface area contributed by atoms with Gasteiger partial charge in [0.25, 0.3) is 0 Å². The average Bonchev–Trinajstić information content (AvgIpc) is 2.64. The third kappa shape index (κ3) is 4.02. The molecule has 0 aliphatic carbocycles. The summed E-state index contributed by atoms with van der Waals surface area (Å²) >= 11 is 0. The van der Waals surface area contributed by atoms with E-state index >= 15 is 0 Å². The van der Waals surface area contributed by atoms with Crippen LogP contribution in [0.1, 0.15) is 25.5 Å². The van der Waals surface area contributed by atoms with Gasteiger partial charge in [0.05, 0.1) is 0 Å². The van der Waals surface area contributed by atoms with E-state index in [-0.39, 0.29) is 11.9 Å². The minimum Gasteiger partial charge on any atom is -0.356 e. The second-order valence-electron chi connectivity index (χ2n) is 3.92. The molecule has 0 radical (unpaired) electrons. The molecular formula is C11H20N4O. The second-order valence-corrected chi connectivity index (χ2v) is 3.92. The van der Waals surface area contributed by atoms with Gasteiger partial charge in [0, 0.05) is 44.4 Å². The first kappa shape index (κ1) is 12.7. The molecule has 1 unspecified atom stereocenters. The van der Waals surface area contributed by atoms with Crippen LogP contribution in [0, 0.1) is 0 Å². The molecule has 1 rings (SSSR count). The second kappa shape index (κ2) is 6.27. The zero-order valence-electron chi connectivity index (χ0n) is 9.94. The lowest BCUT2D eigenvalue weighted by Crippen LogP contribution is -2.32. The van der Waals surface area contributed by atoms with E-state index in [2.05, 4.69) is 10.4 Å². The van der Waals surface area contributed by atoms with Gasteiger partial charge in [-0.3, -0.25) is 9.48 Å². The van der Waals surface area contributed by atoms with Crippen LogP contribution in [0.4, 0.5) is 0 Å². The first-order chi connectivity index (χ1) is 7.63. The van der Waals surface area contributed by atoms with E-state index in [1.54, 1.807) is 6.20 Å². The van der Waals surface area contributed by atoms with Crippen molar-refractivity contribution in [2.45, 2.75) is 32.2 Å². The van der Waals surface area contributed by atoms with Crippen molar-refractivity contribution in [3.8, 4) is 0 Å². The first-order valence-corrected chi connectivity index (χ1v) is 5.62. The molecule has 0 aliphatic rings. The molecule has 0 aliphatic heterocycles. The first-order valence-electron chi connectivity index (χ1n) is 5.62. The normalized spacial score (nSPS) is 12.4. The number of nitrogens with one attached hydrogen (secondary N) is 1. The summed E-state index contributed by atoms with van der Waals surface area (Å²) in [6.45, 7) is 2.61. The van der Waals surface area contributed by atoms with Crippen molar-refractivity contribution in [1.82, 2.24) is 15.1 Å². The smallest absolute Gasteiger partial charge is 0.221 e. The Morgan fingerprint density at radius 1 is 1.69 bits per heavy atom. The van der Waals surface area contributed by atoms with Crippen molar-refractivity contribution in [2.75, 3.05) is 6.54 Å². The Morgan fingerprint density at radius 2 is 2.44 bits per heavy atom. The topological polar surface area (TPSA) is 72.9 Å². The number of aromatic nitrogens is 2. The van der Waals surface area contributed by atoms with E-state index in [4.69, 9.17) is 5.73 Å². The van der Waals surface area contributed by atoms with Crippen LogP contribution in [0.2, 0.25) is 0 Å². The number of hydrogen-bond acceptors (Lipinski definition) is 3. The van der Waals surface area contributed by atoms with E-state index in [9.17, 15) is 4.79 Å². The number of hydrogen-bond donors (Lipinski definition) is 2. The molecule has 1 amide bonds. The summed E-state index contributed by atoms with van der Waals surface area (Å²) in [6.07, 6.45) is 3.78. The Bertz CT molecular complexity index is 334. The Balaban J connectivity index is 2.21. The molecule has 1 heterocycles. The highest BCUT2D eigenvalue weighted by Crippen LogP contribution is 1.97. The fourth-order valence-electron chi connectivity index (χ4n) is 1.43. The maximum absolute atomic E-state index is 11.4. The van der Waals surface area contributed by atoms with E-state index < -0.39 is 0 Å². The molecule has 0 saturated heterocycles. The number of nitrogens with zero attached hydrogens (tertiary/aromatic N) is 2. The van der Waals surface area contributed by atoms with E-state index in [0.717, 1.165) is 18.5 Å². The highest BCUT2D eigenvalue weighted by Gasteiger charge is 2.07. The summed E-state index contributed by atoms with van der Waals surface area (Å²) in [7, 11) is 1.89. The van der Waals surface area contributed by atoms with Crippen molar-refractivity contribution >= 4 is 5.91 Å². The van der Waals surface area contributed by atoms with Crippen LogP contribution in [-0.4, -0.2) is 28.3 Å². The molecule has 0 spiro atoms. The Hall–Kier alpha value is -1.36. The summed E-state index contributed by atoms with van der Waals surface area (Å²) in [4.78, 5) is 11.4. The number of amides is 1. The molecule has 0 bridgehead atoms. The highest BCUT2D eigenvalue weighted by molar-refractivity contribution is 5.76. The molecule has 0 aromatic carbocycles. The van der Waals surface area contributed by atoms with Gasteiger partial charge in [-0.1, -0.05) is 6.92 Å². The molecule has 1 aromatic rings. The number of rotatable bonds is 6. The summed E-state index contributed by atoms with van der Waals surface area (Å²) in [5, 5.41) is 6.91. The third-order valence-electron chi connectivity index (χ3n) is 2.60. The van der Waals surface area contributed by atoms with Crippen LogP contribution in [0.5, 0.6) is 0 Å². The molecule has 1 atom stereocenters. The Kier molecular flexibility index (Phi) is 4.98. The van der Waals surface area contributed by atoms with Crippen LogP contribution in [-0.2, 0) is 18.3 Å². The predicted molar refractivity (Wildman–Crippen MR) is 62.8 cm³/mol. The van der Waals surface area contributed by atoms with Gasteiger partial charge in [0.1, 0.15) is 0 Å². The van der Waals surface area contributed by atoms with E-state index in [0.29, 0.717) is 13.0 Å². The lowest BCUT2D eigenvalue weighted by Gasteiger charge is -2.09. The Morgan fingerprint density at radius 3 is 3.00 bits per heavy atom. The van der Waals surface area contributed by atoms with Crippen molar-refractivity contribution in [2.24, 2.45) is 12.8 Å². The SMILES string of the molecule is CCC(N)CC(=O)NCCc1ccnn1C. The van der Waals surface area contributed by atoms with Gasteiger partial charge in [0.2, 0.25) is 5.91 Å². The molecule has 0 fully saturated rings. The summed E-state index contributed by atoms with van der Waals surface area (Å²) < 4.78 is 1.81. The fourth-order valence-corrected chi connectivity index (χ4v) is 1.43. The van der Waals surface area contributed by atoms with Gasteiger partial charge in [0.15, 0.2) is 0 Å². The molecule has 0 saturated carbocycles. The standard InChI is InChI=1S/C11H20N4O/c1-3-9(12)8-11(16)13-6-4-10-5-7-14-15(10)2/h5,7,9H,3-4,6,8,12H2,1-2H3,(H,13,16). The molecule has 90 valence electrons. The van der Waals surface area contributed by atoms with Crippen LogP contribution >= 0.6 is 0 Å². The molecule has 1 aromatic heterocycles. The zero-order valence-corrected chi connectivity index (χ0v) is 9.94. The monoisotopic (exact) mass is 224 g/mol. The van der Waals surface area contributed by atoms with Crippen LogP contribution in [0.25, 0.3) is 0 Å². The fraction of sp³-hybridized carbons (Fsp3) is 0.636. The lowest BCUT2D eigenvalue weighted by atomic mass is 10.1. The number of aryl methyl sites for hydroxylation is 1. The Labute approximate surface area is 96.0 Å². The largest absolute Gasteiger partial charge is 0.356 e. The van der Waals surface area contributed by atoms with Crippen LogP contribution < -0.4 is 11.1 Å². The zero-order chi connectivity index (χ0) is 12.0. The molecule has 16 heavy (non-hydrogen) atoms. The van der Waals surface area contributed by atoms with Crippen molar-refractivity contribution in [1.29, 1.82) is 0 Å². The number of carbonyl (C=O) groups is 1. The third-order valence-corrected chi connectivity index (χ3v) is 2.60. The molecule has 5 heteroatoms. The van der Waals surface area contributed by atoms with E-state index in [1.165, 1.54) is 0 Å². The molecule has 5 nitrogen and oxygen atoms in total. The van der Waals surface area contributed by atoms with Gasteiger partial charge in [-0.2, -0.15) is 5.10 Å². The van der Waals surface area contributed by atoms with Gasteiger partial charge in [-0.15, -0.1) is 0 Å². The van der Waals surface area contributed by atoms with Crippen LogP contribution in [0.15, 0.2) is 12.3 Å². The predicted octanol–water partition coefficient (Wildman–Crippen LogP) is 0.206. The summed E-state index contributed by atoms with van der Waals surface area (Å²) in [5.74, 6) is 0.0246. The maximum atomic E-state index is 11.4. The molecule has 3 N–H and O–H groups in total. The van der Waals surface area contributed by atoms with Gasteiger partial charge in [-0.25, -0.2) is 0 Å². The van der Waals surface area contributed by atoms with Crippen molar-refractivity contribution in [3.05, 3.63) is 18.0 Å². The minimum atomic E-state index is -0.0308. The van der Waals surface area contributed by atoms with Gasteiger partial charge < -0.3 is 11.1 Å². The number of nitrogens with two attached hydrogens (primary N) is 1. The van der Waals surface area contributed by atoms with Crippen molar-refractivity contribution in [3.63, 3.8) is 0 Å². The summed E-state index contributed by atoms with van der Waals surface area (Å²) in [6, 6.07) is 1.92. The van der Waals surface area contributed by atoms with Crippen molar-refractivity contribution < 1.29 is 4.79 Å². The summed E-state index contributed by atoms with van der Waals surface area (Å²) in [5.41, 5.74) is 6.80. The van der Waals surface area contributed by atoms with E-state index in [1.807, 2.05) is 24.7 Å². The van der Waals surface area contributed by atoms with Crippen LogP contribution in [0.3, 0.4) is 0 Å². The highest BCUT2D eigenvalue weighted by atomic mass is 16.1. The number of carbonyl (C=O) groups excluding carboxylic acids is 1. The van der Waals surface area contributed by atoms with Gasteiger partial charge in [-0.05, 0) is 12.5 Å². The minimum absolute atomic E-state index is 0.0246. The lowest BCUT2D eigenvalue weighted by molar-refractivity contribution is -0.121. The average molecular weight is 224 g/mol.